The third kappa shape index (κ3) is 3.47. The Labute approximate surface area is 109 Å². The van der Waals surface area contributed by atoms with Crippen molar-refractivity contribution in [1.29, 1.82) is 0 Å². The van der Waals surface area contributed by atoms with E-state index in [2.05, 4.69) is 12.1 Å². The van der Waals surface area contributed by atoms with E-state index in [1.165, 1.54) is 5.56 Å². The van der Waals surface area contributed by atoms with Crippen molar-refractivity contribution in [3.8, 4) is 5.75 Å². The molecule has 0 bridgehead atoms. The lowest BCUT2D eigenvalue weighted by molar-refractivity contribution is 0.0583. The van der Waals surface area contributed by atoms with Gasteiger partial charge < -0.3 is 15.2 Å². The van der Waals surface area contributed by atoms with Crippen LogP contribution in [0.25, 0.3) is 0 Å². The molecule has 0 amide bonds. The fourth-order valence-corrected chi connectivity index (χ4v) is 2.41. The lowest BCUT2D eigenvalue weighted by Crippen LogP contribution is -2.27. The van der Waals surface area contributed by atoms with Crippen molar-refractivity contribution in [3.63, 3.8) is 0 Å². The van der Waals surface area contributed by atoms with Crippen molar-refractivity contribution in [3.05, 3.63) is 29.8 Å². The Kier molecular flexibility index (Phi) is 4.61. The molecule has 0 spiro atoms. The number of hydrogen-bond donors (Lipinski definition) is 1. The standard InChI is InChI=1S/C15H23NO2/c1-11(2)18-14-5-3-4-13(10-14)15(16)12-6-8-17-9-7-12/h3-5,10-12,15H,6-9,16H2,1-2H3. The fraction of sp³-hybridized carbons (Fsp3) is 0.600. The second-order valence-corrected chi connectivity index (χ2v) is 5.21. The van der Waals surface area contributed by atoms with Crippen LogP contribution in [0.5, 0.6) is 5.75 Å². The molecule has 0 radical (unpaired) electrons. The van der Waals surface area contributed by atoms with Gasteiger partial charge in [-0.25, -0.2) is 0 Å². The highest BCUT2D eigenvalue weighted by Gasteiger charge is 2.22. The van der Waals surface area contributed by atoms with Crippen molar-refractivity contribution < 1.29 is 9.47 Å². The lowest BCUT2D eigenvalue weighted by Gasteiger charge is -2.28. The van der Waals surface area contributed by atoms with Gasteiger partial charge in [-0.1, -0.05) is 12.1 Å². The zero-order valence-electron chi connectivity index (χ0n) is 11.3. The molecule has 1 aromatic carbocycles. The first kappa shape index (κ1) is 13.4. The molecule has 1 aliphatic rings. The maximum absolute atomic E-state index is 6.36. The predicted octanol–water partition coefficient (Wildman–Crippen LogP) is 2.90. The number of hydrogen-bond acceptors (Lipinski definition) is 3. The Morgan fingerprint density at radius 1 is 1.28 bits per heavy atom. The molecule has 3 nitrogen and oxygen atoms in total. The summed E-state index contributed by atoms with van der Waals surface area (Å²) in [5.74, 6) is 1.43. The van der Waals surface area contributed by atoms with Crippen LogP contribution >= 0.6 is 0 Å². The molecular weight excluding hydrogens is 226 g/mol. The van der Waals surface area contributed by atoms with Gasteiger partial charge in [0.1, 0.15) is 5.75 Å². The van der Waals surface area contributed by atoms with Crippen LogP contribution in [-0.4, -0.2) is 19.3 Å². The topological polar surface area (TPSA) is 44.5 Å². The Morgan fingerprint density at radius 3 is 2.67 bits per heavy atom. The summed E-state index contributed by atoms with van der Waals surface area (Å²) in [6.07, 6.45) is 2.30. The van der Waals surface area contributed by atoms with E-state index in [1.807, 2.05) is 26.0 Å². The third-order valence-electron chi connectivity index (χ3n) is 3.39. The molecule has 3 heteroatoms. The van der Waals surface area contributed by atoms with E-state index in [0.29, 0.717) is 5.92 Å². The predicted molar refractivity (Wildman–Crippen MR) is 72.7 cm³/mol. The van der Waals surface area contributed by atoms with Crippen LogP contribution in [0.2, 0.25) is 0 Å². The van der Waals surface area contributed by atoms with Crippen LogP contribution in [0, 0.1) is 5.92 Å². The maximum Gasteiger partial charge on any atom is 0.120 e. The van der Waals surface area contributed by atoms with Gasteiger partial charge >= 0.3 is 0 Å². The smallest absolute Gasteiger partial charge is 0.120 e. The third-order valence-corrected chi connectivity index (χ3v) is 3.39. The van der Waals surface area contributed by atoms with Crippen LogP contribution < -0.4 is 10.5 Å². The van der Waals surface area contributed by atoms with Crippen LogP contribution in [-0.2, 0) is 4.74 Å². The van der Waals surface area contributed by atoms with E-state index < -0.39 is 0 Å². The number of nitrogens with two attached hydrogens (primary N) is 1. The Hall–Kier alpha value is -1.06. The van der Waals surface area contributed by atoms with E-state index in [-0.39, 0.29) is 12.1 Å². The van der Waals surface area contributed by atoms with Gasteiger partial charge in [-0.15, -0.1) is 0 Å². The molecule has 1 aromatic rings. The summed E-state index contributed by atoms with van der Waals surface area (Å²) in [6, 6.07) is 8.25. The molecule has 1 atom stereocenters. The number of rotatable bonds is 4. The van der Waals surface area contributed by atoms with Crippen molar-refractivity contribution in [2.45, 2.75) is 38.8 Å². The van der Waals surface area contributed by atoms with Crippen LogP contribution in [0.1, 0.15) is 38.3 Å². The van der Waals surface area contributed by atoms with E-state index in [1.54, 1.807) is 0 Å². The second-order valence-electron chi connectivity index (χ2n) is 5.21. The molecule has 1 fully saturated rings. The zero-order valence-corrected chi connectivity index (χ0v) is 11.3. The average Bonchev–Trinajstić information content (AvgIpc) is 2.38. The number of benzene rings is 1. The summed E-state index contributed by atoms with van der Waals surface area (Å²) in [5, 5.41) is 0. The van der Waals surface area contributed by atoms with Gasteiger partial charge in [-0.3, -0.25) is 0 Å². The summed E-state index contributed by atoms with van der Waals surface area (Å²) >= 11 is 0. The van der Waals surface area contributed by atoms with Crippen LogP contribution in [0.4, 0.5) is 0 Å². The Bertz CT molecular complexity index is 373. The van der Waals surface area contributed by atoms with Crippen molar-refractivity contribution in [1.82, 2.24) is 0 Å². The van der Waals surface area contributed by atoms with Crippen molar-refractivity contribution in [2.24, 2.45) is 11.7 Å². The lowest BCUT2D eigenvalue weighted by atomic mass is 9.88. The summed E-state index contributed by atoms with van der Waals surface area (Å²) in [6.45, 7) is 5.73. The zero-order chi connectivity index (χ0) is 13.0. The van der Waals surface area contributed by atoms with Crippen molar-refractivity contribution in [2.75, 3.05) is 13.2 Å². The van der Waals surface area contributed by atoms with Gasteiger partial charge in [0.15, 0.2) is 0 Å². The first-order valence-electron chi connectivity index (χ1n) is 6.77. The first-order chi connectivity index (χ1) is 8.66. The molecule has 0 aromatic heterocycles. The van der Waals surface area contributed by atoms with E-state index >= 15 is 0 Å². The van der Waals surface area contributed by atoms with Gasteiger partial charge in [0.05, 0.1) is 6.10 Å². The molecule has 2 rings (SSSR count). The minimum atomic E-state index is 0.0876. The molecule has 1 saturated heterocycles. The van der Waals surface area contributed by atoms with Crippen LogP contribution in [0.3, 0.4) is 0 Å². The normalized spacial score (nSPS) is 18.9. The van der Waals surface area contributed by atoms with E-state index in [4.69, 9.17) is 15.2 Å². The van der Waals surface area contributed by atoms with Gasteiger partial charge in [-0.2, -0.15) is 0 Å². The summed E-state index contributed by atoms with van der Waals surface area (Å²) in [5.41, 5.74) is 7.53. The highest BCUT2D eigenvalue weighted by molar-refractivity contribution is 5.31. The largest absolute Gasteiger partial charge is 0.491 e. The minimum absolute atomic E-state index is 0.0876. The molecule has 1 heterocycles. The van der Waals surface area contributed by atoms with E-state index in [9.17, 15) is 0 Å². The highest BCUT2D eigenvalue weighted by atomic mass is 16.5. The molecule has 0 saturated carbocycles. The Balaban J connectivity index is 2.06. The highest BCUT2D eigenvalue weighted by Crippen LogP contribution is 2.29. The summed E-state index contributed by atoms with van der Waals surface area (Å²) in [7, 11) is 0. The molecule has 18 heavy (non-hydrogen) atoms. The SMILES string of the molecule is CC(C)Oc1cccc(C(N)C2CCOCC2)c1. The molecule has 2 N–H and O–H groups in total. The fourth-order valence-electron chi connectivity index (χ4n) is 2.41. The molecule has 0 aliphatic carbocycles. The molecule has 100 valence electrons. The maximum atomic E-state index is 6.36. The van der Waals surface area contributed by atoms with Gasteiger partial charge in [0, 0.05) is 19.3 Å². The quantitative estimate of drug-likeness (QED) is 0.892. The van der Waals surface area contributed by atoms with Gasteiger partial charge in [0.2, 0.25) is 0 Å². The second kappa shape index (κ2) is 6.21. The van der Waals surface area contributed by atoms with Gasteiger partial charge in [-0.05, 0) is 50.3 Å². The monoisotopic (exact) mass is 249 g/mol. The number of ether oxygens (including phenoxy) is 2. The summed E-state index contributed by atoms with van der Waals surface area (Å²) in [4.78, 5) is 0. The molecular formula is C15H23NO2. The molecule has 1 aliphatic heterocycles. The van der Waals surface area contributed by atoms with Crippen molar-refractivity contribution >= 4 is 0 Å². The summed E-state index contributed by atoms with van der Waals surface area (Å²) < 4.78 is 11.1. The van der Waals surface area contributed by atoms with E-state index in [0.717, 1.165) is 31.8 Å². The minimum Gasteiger partial charge on any atom is -0.491 e. The first-order valence-corrected chi connectivity index (χ1v) is 6.77. The Morgan fingerprint density at radius 2 is 2.00 bits per heavy atom. The molecule has 1 unspecified atom stereocenters. The average molecular weight is 249 g/mol. The van der Waals surface area contributed by atoms with Gasteiger partial charge in [0.25, 0.3) is 0 Å². The van der Waals surface area contributed by atoms with Crippen LogP contribution in [0.15, 0.2) is 24.3 Å².